The van der Waals surface area contributed by atoms with Crippen LogP contribution in [0.4, 0.5) is 5.69 Å². The summed E-state index contributed by atoms with van der Waals surface area (Å²) in [6, 6.07) is 21.1. The van der Waals surface area contributed by atoms with Gasteiger partial charge in [-0.3, -0.25) is 4.79 Å². The molecular formula is C28H24N2O3. The van der Waals surface area contributed by atoms with Crippen LogP contribution in [0.25, 0.3) is 33.9 Å². The van der Waals surface area contributed by atoms with Crippen LogP contribution in [0.2, 0.25) is 0 Å². The first kappa shape index (κ1) is 20.8. The minimum atomic E-state index is -0.317. The maximum absolute atomic E-state index is 12.8. The fourth-order valence-corrected chi connectivity index (χ4v) is 3.71. The molecule has 164 valence electrons. The highest BCUT2D eigenvalue weighted by molar-refractivity contribution is 6.03. The van der Waals surface area contributed by atoms with Gasteiger partial charge in [0.25, 0.3) is 5.91 Å². The van der Waals surface area contributed by atoms with Gasteiger partial charge in [-0.15, -0.1) is 0 Å². The zero-order valence-electron chi connectivity index (χ0n) is 19.0. The molecular weight excluding hydrogens is 412 g/mol. The lowest BCUT2D eigenvalue weighted by atomic mass is 10.1. The van der Waals surface area contributed by atoms with Gasteiger partial charge in [0.05, 0.1) is 0 Å². The highest BCUT2D eigenvalue weighted by atomic mass is 16.4. The van der Waals surface area contributed by atoms with Gasteiger partial charge in [0.15, 0.2) is 11.3 Å². The Morgan fingerprint density at radius 2 is 1.42 bits per heavy atom. The Hall–Kier alpha value is -4.12. The molecule has 0 saturated heterocycles. The van der Waals surface area contributed by atoms with Crippen LogP contribution in [-0.4, -0.2) is 10.9 Å². The van der Waals surface area contributed by atoms with E-state index in [9.17, 15) is 4.79 Å². The Kier molecular flexibility index (Phi) is 5.09. The van der Waals surface area contributed by atoms with Crippen molar-refractivity contribution in [3.8, 4) is 22.8 Å². The second-order valence-electron chi connectivity index (χ2n) is 8.42. The Labute approximate surface area is 192 Å². The van der Waals surface area contributed by atoms with Gasteiger partial charge in [-0.25, -0.2) is 4.98 Å². The molecule has 0 saturated carbocycles. The van der Waals surface area contributed by atoms with Gasteiger partial charge < -0.3 is 14.2 Å². The fourth-order valence-electron chi connectivity index (χ4n) is 3.71. The number of fused-ring (bicyclic) bond motifs is 1. The van der Waals surface area contributed by atoms with Crippen molar-refractivity contribution < 1.29 is 13.6 Å². The van der Waals surface area contributed by atoms with Crippen molar-refractivity contribution in [1.82, 2.24) is 4.98 Å². The summed E-state index contributed by atoms with van der Waals surface area (Å²) in [5.41, 5.74) is 8.63. The minimum Gasteiger partial charge on any atom is -0.451 e. The molecule has 1 amide bonds. The van der Waals surface area contributed by atoms with Crippen molar-refractivity contribution in [3.63, 3.8) is 0 Å². The van der Waals surface area contributed by atoms with E-state index in [2.05, 4.69) is 56.2 Å². The van der Waals surface area contributed by atoms with E-state index >= 15 is 0 Å². The summed E-state index contributed by atoms with van der Waals surface area (Å²) in [5, 5.41) is 2.89. The lowest BCUT2D eigenvalue weighted by molar-refractivity contribution is 0.0997. The SMILES string of the molecule is Cc1ccc(-c2ccc(C(=O)Nc3ccc4oc(-c5ccc(C)c(C)c5)nc4c3)o2)cc1C. The van der Waals surface area contributed by atoms with Crippen molar-refractivity contribution in [2.45, 2.75) is 27.7 Å². The van der Waals surface area contributed by atoms with Crippen molar-refractivity contribution in [2.75, 3.05) is 5.32 Å². The second kappa shape index (κ2) is 8.10. The Morgan fingerprint density at radius 3 is 2.15 bits per heavy atom. The van der Waals surface area contributed by atoms with Crippen LogP contribution in [0.3, 0.4) is 0 Å². The fraction of sp³-hybridized carbons (Fsp3) is 0.143. The Bertz CT molecular complexity index is 1510. The van der Waals surface area contributed by atoms with Crippen LogP contribution < -0.4 is 5.32 Å². The first-order valence-corrected chi connectivity index (χ1v) is 10.8. The number of carbonyl (C=O) groups excluding carboxylic acids is 1. The largest absolute Gasteiger partial charge is 0.451 e. The van der Waals surface area contributed by atoms with E-state index in [1.807, 2.05) is 30.3 Å². The van der Waals surface area contributed by atoms with Crippen molar-refractivity contribution in [1.29, 1.82) is 0 Å². The van der Waals surface area contributed by atoms with E-state index in [4.69, 9.17) is 8.83 Å². The van der Waals surface area contributed by atoms with Crippen molar-refractivity contribution in [3.05, 3.63) is 94.7 Å². The summed E-state index contributed by atoms with van der Waals surface area (Å²) in [7, 11) is 0. The number of carbonyl (C=O) groups is 1. The summed E-state index contributed by atoms with van der Waals surface area (Å²) in [5.74, 6) is 1.15. The molecule has 0 radical (unpaired) electrons. The monoisotopic (exact) mass is 436 g/mol. The lowest BCUT2D eigenvalue weighted by Gasteiger charge is -2.04. The smallest absolute Gasteiger partial charge is 0.291 e. The van der Waals surface area contributed by atoms with E-state index in [1.54, 1.807) is 18.2 Å². The number of oxazole rings is 1. The second-order valence-corrected chi connectivity index (χ2v) is 8.42. The zero-order valence-corrected chi connectivity index (χ0v) is 19.0. The average Bonchev–Trinajstić information content (AvgIpc) is 3.45. The van der Waals surface area contributed by atoms with E-state index in [-0.39, 0.29) is 11.7 Å². The summed E-state index contributed by atoms with van der Waals surface area (Å²) in [6.07, 6.45) is 0. The van der Waals surface area contributed by atoms with Crippen LogP contribution in [-0.2, 0) is 0 Å². The van der Waals surface area contributed by atoms with Crippen molar-refractivity contribution >= 4 is 22.7 Å². The van der Waals surface area contributed by atoms with Gasteiger partial charge in [-0.1, -0.05) is 18.2 Å². The molecule has 3 aromatic carbocycles. The van der Waals surface area contributed by atoms with Gasteiger partial charge in [-0.2, -0.15) is 0 Å². The molecule has 0 unspecified atom stereocenters. The molecule has 0 bridgehead atoms. The molecule has 0 spiro atoms. The maximum Gasteiger partial charge on any atom is 0.291 e. The first-order chi connectivity index (χ1) is 15.9. The molecule has 5 nitrogen and oxygen atoms in total. The number of hydrogen-bond donors (Lipinski definition) is 1. The predicted octanol–water partition coefficient (Wildman–Crippen LogP) is 7.24. The molecule has 0 atom stereocenters. The molecule has 33 heavy (non-hydrogen) atoms. The summed E-state index contributed by atoms with van der Waals surface area (Å²) < 4.78 is 11.7. The van der Waals surface area contributed by atoms with Gasteiger partial charge in [0, 0.05) is 16.8 Å². The topological polar surface area (TPSA) is 68.3 Å². The quantitative estimate of drug-likeness (QED) is 0.322. The standard InChI is InChI=1S/C28H24N2O3/c1-16-5-7-20(13-18(16)3)24-11-12-26(32-24)27(31)29-22-9-10-25-23(15-22)30-28(33-25)21-8-6-17(2)19(4)14-21/h5-15H,1-4H3,(H,29,31). The third kappa shape index (κ3) is 4.05. The number of hydrogen-bond acceptors (Lipinski definition) is 4. The number of nitrogens with one attached hydrogen (secondary N) is 1. The summed E-state index contributed by atoms with van der Waals surface area (Å²) >= 11 is 0. The Morgan fingerprint density at radius 1 is 0.727 bits per heavy atom. The average molecular weight is 437 g/mol. The first-order valence-electron chi connectivity index (χ1n) is 10.8. The molecule has 0 aliphatic rings. The Balaban J connectivity index is 1.36. The molecule has 5 aromatic rings. The van der Waals surface area contributed by atoms with Crippen LogP contribution >= 0.6 is 0 Å². The molecule has 2 heterocycles. The third-order valence-corrected chi connectivity index (χ3v) is 6.02. The number of nitrogens with zero attached hydrogens (tertiary/aromatic N) is 1. The predicted molar refractivity (Wildman–Crippen MR) is 130 cm³/mol. The van der Waals surface area contributed by atoms with Gasteiger partial charge in [0.2, 0.25) is 5.89 Å². The van der Waals surface area contributed by atoms with Crippen LogP contribution in [0, 0.1) is 27.7 Å². The summed E-state index contributed by atoms with van der Waals surface area (Å²) in [6.45, 7) is 8.26. The highest BCUT2D eigenvalue weighted by Gasteiger charge is 2.15. The minimum absolute atomic E-state index is 0.249. The number of aryl methyl sites for hydroxylation is 4. The third-order valence-electron chi connectivity index (χ3n) is 6.02. The van der Waals surface area contributed by atoms with E-state index in [0.717, 1.165) is 11.1 Å². The number of aromatic nitrogens is 1. The molecule has 5 rings (SSSR count). The number of furan rings is 1. The van der Waals surface area contributed by atoms with E-state index < -0.39 is 0 Å². The van der Waals surface area contributed by atoms with E-state index in [0.29, 0.717) is 28.4 Å². The van der Waals surface area contributed by atoms with Gasteiger partial charge >= 0.3 is 0 Å². The number of anilines is 1. The number of amides is 1. The normalized spacial score (nSPS) is 11.2. The molecule has 0 aliphatic carbocycles. The highest BCUT2D eigenvalue weighted by Crippen LogP contribution is 2.28. The lowest BCUT2D eigenvalue weighted by Crippen LogP contribution is -2.10. The molecule has 2 aromatic heterocycles. The number of rotatable bonds is 4. The maximum atomic E-state index is 12.8. The zero-order chi connectivity index (χ0) is 23.1. The summed E-state index contributed by atoms with van der Waals surface area (Å²) in [4.78, 5) is 17.4. The van der Waals surface area contributed by atoms with Crippen LogP contribution in [0.1, 0.15) is 32.8 Å². The van der Waals surface area contributed by atoms with Crippen LogP contribution in [0.15, 0.2) is 75.6 Å². The van der Waals surface area contributed by atoms with Crippen LogP contribution in [0.5, 0.6) is 0 Å². The van der Waals surface area contributed by atoms with E-state index in [1.165, 1.54) is 22.3 Å². The molecule has 1 N–H and O–H groups in total. The van der Waals surface area contributed by atoms with Gasteiger partial charge in [0.1, 0.15) is 11.3 Å². The molecule has 0 aliphatic heterocycles. The van der Waals surface area contributed by atoms with Gasteiger partial charge in [-0.05, 0) is 98.5 Å². The number of benzene rings is 3. The molecule has 5 heteroatoms. The van der Waals surface area contributed by atoms with Crippen molar-refractivity contribution in [2.24, 2.45) is 0 Å². The molecule has 0 fully saturated rings.